The lowest BCUT2D eigenvalue weighted by Gasteiger charge is -2.25. The molecule has 10 N–H and O–H groups in total. The topological polar surface area (TPSA) is 225 Å². The summed E-state index contributed by atoms with van der Waals surface area (Å²) in [4.78, 5) is 44.8. The molecule has 0 aliphatic rings. The highest BCUT2D eigenvalue weighted by atomic mass is 16.4. The van der Waals surface area contributed by atoms with Gasteiger partial charge in [-0.05, 0) is 12.5 Å². The zero-order valence-corrected chi connectivity index (χ0v) is 15.1. The number of rotatable bonds is 15. The van der Waals surface area contributed by atoms with Crippen molar-refractivity contribution in [2.75, 3.05) is 26.2 Å². The van der Waals surface area contributed by atoms with Crippen molar-refractivity contribution in [1.29, 1.82) is 0 Å². The van der Waals surface area contributed by atoms with Gasteiger partial charge >= 0.3 is 11.9 Å². The van der Waals surface area contributed by atoms with Crippen molar-refractivity contribution in [3.63, 3.8) is 0 Å². The molecular formula is C16H26N4O8. The first-order valence-electron chi connectivity index (χ1n) is 8.20. The molecule has 12 nitrogen and oxygen atoms in total. The number of allylic oxidation sites excluding steroid dienone is 3. The maximum absolute atomic E-state index is 12.0. The molecule has 0 amide bonds. The van der Waals surface area contributed by atoms with Crippen molar-refractivity contribution in [1.82, 2.24) is 10.6 Å². The second-order valence-corrected chi connectivity index (χ2v) is 5.74. The molecule has 0 aliphatic heterocycles. The van der Waals surface area contributed by atoms with Crippen molar-refractivity contribution in [3.05, 3.63) is 24.3 Å². The number of carbonyl (C=O) groups excluding carboxylic acids is 2. The summed E-state index contributed by atoms with van der Waals surface area (Å²) in [6, 6.07) is 0. The number of carbonyl (C=O) groups is 4. The van der Waals surface area contributed by atoms with Crippen LogP contribution in [-0.4, -0.2) is 81.6 Å². The highest BCUT2D eigenvalue weighted by molar-refractivity contribution is 5.97. The minimum atomic E-state index is -2.22. The van der Waals surface area contributed by atoms with Crippen LogP contribution < -0.4 is 22.1 Å². The maximum atomic E-state index is 12.0. The quantitative estimate of drug-likeness (QED) is 0.0764. The van der Waals surface area contributed by atoms with Gasteiger partial charge in [-0.25, -0.2) is 0 Å². The molecule has 158 valence electrons. The fourth-order valence-electron chi connectivity index (χ4n) is 1.86. The first kappa shape index (κ1) is 25.5. The van der Waals surface area contributed by atoms with Gasteiger partial charge in [-0.15, -0.1) is 0 Å². The van der Waals surface area contributed by atoms with E-state index < -0.39 is 61.1 Å². The van der Waals surface area contributed by atoms with Crippen LogP contribution in [0.15, 0.2) is 24.3 Å². The van der Waals surface area contributed by atoms with Gasteiger partial charge in [0.25, 0.3) is 0 Å². The van der Waals surface area contributed by atoms with Crippen LogP contribution in [-0.2, 0) is 19.2 Å². The fraction of sp³-hybridized carbons (Fsp3) is 0.500. The van der Waals surface area contributed by atoms with Crippen LogP contribution in [0.25, 0.3) is 0 Å². The van der Waals surface area contributed by atoms with Crippen LogP contribution in [0.3, 0.4) is 0 Å². The molecule has 2 unspecified atom stereocenters. The lowest BCUT2D eigenvalue weighted by atomic mass is 10.0. The Balaban J connectivity index is 4.59. The van der Waals surface area contributed by atoms with E-state index in [2.05, 4.69) is 10.6 Å². The average molecular weight is 402 g/mol. The monoisotopic (exact) mass is 402 g/mol. The summed E-state index contributed by atoms with van der Waals surface area (Å²) in [6.07, 6.45) is 5.13. The number of carboxylic acid groups (broad SMARTS) is 2. The van der Waals surface area contributed by atoms with Gasteiger partial charge in [0.2, 0.25) is 5.78 Å². The summed E-state index contributed by atoms with van der Waals surface area (Å²) in [5, 5.41) is 41.4. The Bertz CT molecular complexity index is 636. The van der Waals surface area contributed by atoms with Gasteiger partial charge < -0.3 is 31.9 Å². The van der Waals surface area contributed by atoms with Crippen molar-refractivity contribution in [3.8, 4) is 0 Å². The molecule has 0 saturated heterocycles. The van der Waals surface area contributed by atoms with Gasteiger partial charge in [0.1, 0.15) is 0 Å². The lowest BCUT2D eigenvalue weighted by molar-refractivity contribution is -0.144. The Morgan fingerprint density at radius 2 is 1.36 bits per heavy atom. The van der Waals surface area contributed by atoms with E-state index >= 15 is 0 Å². The van der Waals surface area contributed by atoms with Crippen LogP contribution in [0.1, 0.15) is 12.8 Å². The molecule has 0 aromatic heterocycles. The first-order chi connectivity index (χ1) is 13.0. The van der Waals surface area contributed by atoms with Crippen LogP contribution in [0.4, 0.5) is 0 Å². The van der Waals surface area contributed by atoms with E-state index in [0.29, 0.717) is 0 Å². The lowest BCUT2D eigenvalue weighted by Crippen LogP contribution is -2.58. The Morgan fingerprint density at radius 1 is 0.857 bits per heavy atom. The Labute approximate surface area is 160 Å². The van der Waals surface area contributed by atoms with Crippen LogP contribution in [0.5, 0.6) is 0 Å². The van der Waals surface area contributed by atoms with Crippen molar-refractivity contribution >= 4 is 23.5 Å². The smallest absolute Gasteiger partial charge is 0.317 e. The third-order valence-corrected chi connectivity index (χ3v) is 3.56. The molecule has 2 atom stereocenters. The maximum Gasteiger partial charge on any atom is 0.317 e. The molecule has 0 heterocycles. The number of nitrogens with two attached hydrogens (primary N) is 2. The molecule has 0 fully saturated rings. The third-order valence-electron chi connectivity index (χ3n) is 3.56. The molecule has 0 rings (SSSR count). The Morgan fingerprint density at radius 3 is 1.82 bits per heavy atom. The van der Waals surface area contributed by atoms with E-state index in [4.69, 9.17) is 21.7 Å². The SMILES string of the molecule is NCC(O)(NCC(=O)O)C(=O)/C=C/C=C/CCC(=O)C(O)(CN)NCC(=O)O. The number of hydrogen-bond acceptors (Lipinski definition) is 10. The van der Waals surface area contributed by atoms with E-state index in [0.717, 1.165) is 6.08 Å². The molecular weight excluding hydrogens is 376 g/mol. The van der Waals surface area contributed by atoms with Gasteiger partial charge in [0.15, 0.2) is 17.2 Å². The molecule has 0 aromatic rings. The molecule has 28 heavy (non-hydrogen) atoms. The van der Waals surface area contributed by atoms with Crippen molar-refractivity contribution in [2.24, 2.45) is 11.5 Å². The van der Waals surface area contributed by atoms with Gasteiger partial charge in [-0.1, -0.05) is 18.2 Å². The highest BCUT2D eigenvalue weighted by Gasteiger charge is 2.33. The normalized spacial score (nSPS) is 16.0. The second-order valence-electron chi connectivity index (χ2n) is 5.74. The number of aliphatic carboxylic acids is 2. The molecule has 0 aliphatic carbocycles. The predicted molar refractivity (Wildman–Crippen MR) is 96.8 cm³/mol. The molecule has 12 heteroatoms. The first-order valence-corrected chi connectivity index (χ1v) is 8.20. The van der Waals surface area contributed by atoms with Crippen molar-refractivity contribution in [2.45, 2.75) is 24.3 Å². The number of aliphatic hydroxyl groups is 2. The van der Waals surface area contributed by atoms with E-state index in [1.54, 1.807) is 0 Å². The fourth-order valence-corrected chi connectivity index (χ4v) is 1.86. The average Bonchev–Trinajstić information content (AvgIpc) is 2.66. The highest BCUT2D eigenvalue weighted by Crippen LogP contribution is 2.06. The van der Waals surface area contributed by atoms with Crippen LogP contribution >= 0.6 is 0 Å². The number of hydrogen-bond donors (Lipinski definition) is 8. The Hall–Kier alpha value is -2.48. The second kappa shape index (κ2) is 12.1. The number of nitrogens with one attached hydrogen (secondary N) is 2. The number of Topliss-reactive ketones (excluding diaryl/α,β-unsaturated/α-hetero) is 1. The predicted octanol–water partition coefficient (Wildman–Crippen LogP) is -3.34. The molecule has 0 bridgehead atoms. The van der Waals surface area contributed by atoms with E-state index in [1.165, 1.54) is 18.2 Å². The minimum absolute atomic E-state index is 0.147. The van der Waals surface area contributed by atoms with E-state index in [1.807, 2.05) is 0 Å². The summed E-state index contributed by atoms with van der Waals surface area (Å²) in [6.45, 7) is -2.34. The summed E-state index contributed by atoms with van der Waals surface area (Å²) in [5.41, 5.74) is 6.23. The van der Waals surface area contributed by atoms with E-state index in [-0.39, 0.29) is 12.8 Å². The zero-order valence-electron chi connectivity index (χ0n) is 15.1. The number of ketones is 2. The standard InChI is InChI=1S/C16H26N4O8/c17-9-15(27,19-7-13(23)24)11(21)5-3-1-2-4-6-12(22)16(28,10-18)20-8-14(25)26/h1-3,5,19-20,27-28H,4,6-10,17-18H2,(H,23,24)(H,25,26)/b2-1+,5-3+. The summed E-state index contributed by atoms with van der Waals surface area (Å²) < 4.78 is 0. The molecule has 0 spiro atoms. The van der Waals surface area contributed by atoms with E-state index in [9.17, 15) is 29.4 Å². The number of carboxylic acids is 2. The van der Waals surface area contributed by atoms with Gasteiger partial charge in [0.05, 0.1) is 13.1 Å². The minimum Gasteiger partial charge on any atom is -0.480 e. The summed E-state index contributed by atoms with van der Waals surface area (Å²) in [5.74, 6) is -4.09. The summed E-state index contributed by atoms with van der Waals surface area (Å²) in [7, 11) is 0. The van der Waals surface area contributed by atoms with Crippen molar-refractivity contribution < 1.29 is 39.6 Å². The Kier molecular flexibility index (Phi) is 11.0. The van der Waals surface area contributed by atoms with Gasteiger partial charge in [-0.2, -0.15) is 0 Å². The molecule has 0 saturated carbocycles. The zero-order chi connectivity index (χ0) is 21.8. The van der Waals surface area contributed by atoms with Gasteiger partial charge in [-0.3, -0.25) is 29.8 Å². The van der Waals surface area contributed by atoms with Crippen LogP contribution in [0, 0.1) is 0 Å². The van der Waals surface area contributed by atoms with Gasteiger partial charge in [0, 0.05) is 19.5 Å². The molecule has 0 aromatic carbocycles. The van der Waals surface area contributed by atoms with Crippen LogP contribution in [0.2, 0.25) is 0 Å². The molecule has 0 radical (unpaired) electrons. The summed E-state index contributed by atoms with van der Waals surface area (Å²) >= 11 is 0. The third kappa shape index (κ3) is 8.94. The largest absolute Gasteiger partial charge is 0.480 e.